The molecule has 4 rings (SSSR count). The largest absolute Gasteiger partial charge is 0.379 e. The van der Waals surface area contributed by atoms with Gasteiger partial charge in [0.15, 0.2) is 5.96 Å². The number of hydrogen-bond donors (Lipinski definition) is 2. The predicted octanol–water partition coefficient (Wildman–Crippen LogP) is 2.09. The van der Waals surface area contributed by atoms with Gasteiger partial charge in [0.2, 0.25) is 0 Å². The number of thiophene rings is 1. The highest BCUT2D eigenvalue weighted by Crippen LogP contribution is 2.33. The summed E-state index contributed by atoms with van der Waals surface area (Å²) in [7, 11) is 1.89. The second-order valence-electron chi connectivity index (χ2n) is 7.91. The first kappa shape index (κ1) is 20.3. The second-order valence-corrected chi connectivity index (χ2v) is 9.94. The standard InChI is InChI=1S/C20H33N5OS2/c1-21-19(23-17-4-7-24(8-5-17)18-3-2-13-28-18)22-15-20(6-14-27-16-20)25-9-11-26-12-10-25/h2-3,13,17H,4-12,14-16H2,1H3,(H2,21,22,23). The number of nitrogens with zero attached hydrogens (tertiary/aromatic N) is 3. The third-order valence-corrected chi connectivity index (χ3v) is 8.39. The SMILES string of the molecule is CN=C(NCC1(N2CCOCC2)CCSC1)NC1CCN(c2cccs2)CC1. The summed E-state index contributed by atoms with van der Waals surface area (Å²) in [6.45, 7) is 7.02. The Morgan fingerprint density at radius 2 is 2.11 bits per heavy atom. The second kappa shape index (κ2) is 9.69. The first-order valence-corrected chi connectivity index (χ1v) is 12.5. The molecular weight excluding hydrogens is 390 g/mol. The molecule has 1 aromatic heterocycles. The number of thioether (sulfide) groups is 1. The van der Waals surface area contributed by atoms with E-state index >= 15 is 0 Å². The van der Waals surface area contributed by atoms with Crippen LogP contribution in [-0.4, -0.2) is 86.9 Å². The fraction of sp³-hybridized carbons (Fsp3) is 0.750. The molecule has 1 aromatic rings. The van der Waals surface area contributed by atoms with Crippen LogP contribution in [0.4, 0.5) is 5.00 Å². The highest BCUT2D eigenvalue weighted by atomic mass is 32.2. The summed E-state index contributed by atoms with van der Waals surface area (Å²) in [5.74, 6) is 3.42. The fourth-order valence-electron chi connectivity index (χ4n) is 4.47. The molecule has 28 heavy (non-hydrogen) atoms. The highest BCUT2D eigenvalue weighted by Gasteiger charge is 2.40. The summed E-state index contributed by atoms with van der Waals surface area (Å²) in [6.07, 6.45) is 3.56. The van der Waals surface area contributed by atoms with Crippen LogP contribution in [0.2, 0.25) is 0 Å². The number of nitrogens with one attached hydrogen (secondary N) is 2. The van der Waals surface area contributed by atoms with Gasteiger partial charge in [-0.05, 0) is 42.5 Å². The Morgan fingerprint density at radius 1 is 1.29 bits per heavy atom. The van der Waals surface area contributed by atoms with Gasteiger partial charge < -0.3 is 20.3 Å². The first-order valence-electron chi connectivity index (χ1n) is 10.5. The Hall–Kier alpha value is -0.960. The zero-order valence-corrected chi connectivity index (χ0v) is 18.5. The van der Waals surface area contributed by atoms with Crippen molar-refractivity contribution in [1.29, 1.82) is 0 Å². The molecule has 0 aliphatic carbocycles. The van der Waals surface area contributed by atoms with Crippen molar-refractivity contribution < 1.29 is 4.74 Å². The van der Waals surface area contributed by atoms with Gasteiger partial charge in [0.1, 0.15) is 0 Å². The molecular formula is C20H33N5OS2. The van der Waals surface area contributed by atoms with Crippen molar-refractivity contribution in [3.63, 3.8) is 0 Å². The average molecular weight is 424 g/mol. The summed E-state index contributed by atoms with van der Waals surface area (Å²) < 4.78 is 5.58. The molecule has 0 aromatic carbocycles. The maximum absolute atomic E-state index is 5.58. The number of hydrogen-bond acceptors (Lipinski definition) is 6. The van der Waals surface area contributed by atoms with Gasteiger partial charge in [-0.2, -0.15) is 11.8 Å². The van der Waals surface area contributed by atoms with E-state index in [0.29, 0.717) is 6.04 Å². The van der Waals surface area contributed by atoms with Crippen LogP contribution in [0.15, 0.2) is 22.5 Å². The van der Waals surface area contributed by atoms with Crippen molar-refractivity contribution in [1.82, 2.24) is 15.5 Å². The lowest BCUT2D eigenvalue weighted by atomic mass is 9.95. The number of piperidine rings is 1. The minimum atomic E-state index is 0.245. The Labute approximate surface area is 177 Å². The van der Waals surface area contributed by atoms with Crippen molar-refractivity contribution in [2.45, 2.75) is 30.8 Å². The van der Waals surface area contributed by atoms with Gasteiger partial charge >= 0.3 is 0 Å². The molecule has 0 saturated carbocycles. The van der Waals surface area contributed by atoms with E-state index in [1.54, 1.807) is 0 Å². The van der Waals surface area contributed by atoms with Gasteiger partial charge in [-0.3, -0.25) is 9.89 Å². The predicted molar refractivity (Wildman–Crippen MR) is 121 cm³/mol. The van der Waals surface area contributed by atoms with Crippen LogP contribution in [0.3, 0.4) is 0 Å². The van der Waals surface area contributed by atoms with Gasteiger partial charge in [0.05, 0.1) is 18.2 Å². The molecule has 3 aliphatic rings. The molecule has 156 valence electrons. The number of rotatable bonds is 5. The number of anilines is 1. The van der Waals surface area contributed by atoms with Crippen molar-refractivity contribution in [3.05, 3.63) is 17.5 Å². The van der Waals surface area contributed by atoms with E-state index < -0.39 is 0 Å². The van der Waals surface area contributed by atoms with Crippen LogP contribution in [-0.2, 0) is 4.74 Å². The minimum absolute atomic E-state index is 0.245. The van der Waals surface area contributed by atoms with Gasteiger partial charge in [-0.1, -0.05) is 0 Å². The maximum atomic E-state index is 5.58. The smallest absolute Gasteiger partial charge is 0.191 e. The first-order chi connectivity index (χ1) is 13.8. The summed E-state index contributed by atoms with van der Waals surface area (Å²) in [6, 6.07) is 4.87. The normalized spacial score (nSPS) is 27.9. The van der Waals surface area contributed by atoms with Crippen molar-refractivity contribution in [2.75, 3.05) is 69.4 Å². The lowest BCUT2D eigenvalue weighted by Crippen LogP contribution is -2.60. The average Bonchev–Trinajstić information content (AvgIpc) is 3.45. The molecule has 3 fully saturated rings. The van der Waals surface area contributed by atoms with E-state index in [4.69, 9.17) is 4.74 Å². The van der Waals surface area contributed by atoms with Gasteiger partial charge in [0.25, 0.3) is 0 Å². The lowest BCUT2D eigenvalue weighted by Gasteiger charge is -2.43. The van der Waals surface area contributed by atoms with E-state index in [1.165, 1.54) is 22.9 Å². The van der Waals surface area contributed by atoms with Crippen molar-refractivity contribution in [2.24, 2.45) is 4.99 Å². The molecule has 2 N–H and O–H groups in total. The zero-order valence-electron chi connectivity index (χ0n) is 16.9. The van der Waals surface area contributed by atoms with E-state index in [0.717, 1.165) is 64.7 Å². The number of ether oxygens (including phenoxy) is 1. The quantitative estimate of drug-likeness (QED) is 0.559. The van der Waals surface area contributed by atoms with Crippen LogP contribution in [0.25, 0.3) is 0 Å². The molecule has 3 saturated heterocycles. The van der Waals surface area contributed by atoms with Crippen LogP contribution in [0.5, 0.6) is 0 Å². The number of morpholine rings is 1. The van der Waals surface area contributed by atoms with Gasteiger partial charge in [0, 0.05) is 57.1 Å². The van der Waals surface area contributed by atoms with Crippen LogP contribution in [0.1, 0.15) is 19.3 Å². The monoisotopic (exact) mass is 423 g/mol. The Kier molecular flexibility index (Phi) is 7.03. The molecule has 8 heteroatoms. The fourth-order valence-corrected chi connectivity index (χ4v) is 6.73. The third-order valence-electron chi connectivity index (χ3n) is 6.23. The molecule has 4 heterocycles. The third kappa shape index (κ3) is 4.78. The summed E-state index contributed by atoms with van der Waals surface area (Å²) in [4.78, 5) is 9.67. The molecule has 0 amide bonds. The van der Waals surface area contributed by atoms with Crippen LogP contribution in [0, 0.1) is 0 Å². The van der Waals surface area contributed by atoms with E-state index in [2.05, 4.69) is 54.7 Å². The molecule has 0 radical (unpaired) electrons. The molecule has 1 atom stereocenters. The summed E-state index contributed by atoms with van der Waals surface area (Å²) in [5, 5.41) is 10.9. The Bertz CT molecular complexity index is 619. The Morgan fingerprint density at radius 3 is 2.75 bits per heavy atom. The van der Waals surface area contributed by atoms with Gasteiger partial charge in [-0.25, -0.2) is 0 Å². The molecule has 3 aliphatic heterocycles. The van der Waals surface area contributed by atoms with Crippen LogP contribution < -0.4 is 15.5 Å². The van der Waals surface area contributed by atoms with Crippen molar-refractivity contribution >= 4 is 34.1 Å². The van der Waals surface area contributed by atoms with Crippen LogP contribution >= 0.6 is 23.1 Å². The number of aliphatic imine (C=N–C) groups is 1. The van der Waals surface area contributed by atoms with E-state index in [9.17, 15) is 0 Å². The lowest BCUT2D eigenvalue weighted by molar-refractivity contribution is -0.0120. The molecule has 0 bridgehead atoms. The van der Waals surface area contributed by atoms with Gasteiger partial charge in [-0.15, -0.1) is 11.3 Å². The summed E-state index contributed by atoms with van der Waals surface area (Å²) >= 11 is 3.92. The van der Waals surface area contributed by atoms with E-state index in [1.807, 2.05) is 18.4 Å². The minimum Gasteiger partial charge on any atom is -0.379 e. The molecule has 0 spiro atoms. The maximum Gasteiger partial charge on any atom is 0.191 e. The van der Waals surface area contributed by atoms with Crippen molar-refractivity contribution in [3.8, 4) is 0 Å². The summed E-state index contributed by atoms with van der Waals surface area (Å²) in [5.41, 5.74) is 0.245. The molecule has 6 nitrogen and oxygen atoms in total. The highest BCUT2D eigenvalue weighted by molar-refractivity contribution is 7.99. The topological polar surface area (TPSA) is 52.1 Å². The zero-order chi connectivity index (χ0) is 19.2. The Balaban J connectivity index is 1.27. The number of guanidine groups is 1. The molecule has 1 unspecified atom stereocenters. The van der Waals surface area contributed by atoms with E-state index in [-0.39, 0.29) is 5.54 Å².